The molecule has 0 aliphatic rings. The molecule has 0 radical (unpaired) electrons. The summed E-state index contributed by atoms with van der Waals surface area (Å²) in [4.78, 5) is 21.9. The molecule has 3 rings (SSSR count). The van der Waals surface area contributed by atoms with E-state index in [-0.39, 0.29) is 29.4 Å². The Morgan fingerprint density at radius 1 is 1.37 bits per heavy atom. The molecular formula is C19H15ClFN5O4. The zero-order valence-electron chi connectivity index (χ0n) is 15.4. The Balaban J connectivity index is 1.54. The SMILES string of the molecule is O=C(Cn1cc([N+](=O)[O-])cn1)N/N=C/c1cccc(OCc2c(F)cccc2Cl)c1. The first kappa shape index (κ1) is 20.9. The third-order valence-corrected chi connectivity index (χ3v) is 4.20. The fourth-order valence-corrected chi connectivity index (χ4v) is 2.62. The van der Waals surface area contributed by atoms with Gasteiger partial charge in [0.05, 0.1) is 16.2 Å². The summed E-state index contributed by atoms with van der Waals surface area (Å²) in [6.07, 6.45) is 3.59. The van der Waals surface area contributed by atoms with Crippen LogP contribution in [0.5, 0.6) is 5.75 Å². The van der Waals surface area contributed by atoms with Gasteiger partial charge in [-0.15, -0.1) is 0 Å². The lowest BCUT2D eigenvalue weighted by Gasteiger charge is -2.09. The molecule has 0 saturated carbocycles. The van der Waals surface area contributed by atoms with E-state index in [4.69, 9.17) is 16.3 Å². The third kappa shape index (κ3) is 5.61. The zero-order chi connectivity index (χ0) is 21.5. The highest BCUT2D eigenvalue weighted by molar-refractivity contribution is 6.31. The lowest BCUT2D eigenvalue weighted by atomic mass is 10.2. The van der Waals surface area contributed by atoms with Crippen molar-refractivity contribution in [1.82, 2.24) is 15.2 Å². The Morgan fingerprint density at radius 2 is 2.17 bits per heavy atom. The molecule has 2 aromatic carbocycles. The number of nitrogens with one attached hydrogen (secondary N) is 1. The first-order valence-corrected chi connectivity index (χ1v) is 8.94. The van der Waals surface area contributed by atoms with Crippen LogP contribution < -0.4 is 10.2 Å². The fourth-order valence-electron chi connectivity index (χ4n) is 2.41. The van der Waals surface area contributed by atoms with Gasteiger partial charge in [0.1, 0.15) is 37.1 Å². The molecule has 11 heteroatoms. The molecular weight excluding hydrogens is 417 g/mol. The van der Waals surface area contributed by atoms with Crippen molar-refractivity contribution in [3.63, 3.8) is 0 Å². The molecule has 0 saturated heterocycles. The number of carbonyl (C=O) groups is 1. The minimum absolute atomic E-state index is 0.0428. The maximum absolute atomic E-state index is 13.8. The van der Waals surface area contributed by atoms with Gasteiger partial charge in [-0.05, 0) is 29.8 Å². The predicted octanol–water partition coefficient (Wildman–Crippen LogP) is 3.31. The maximum Gasteiger partial charge on any atom is 0.307 e. The molecule has 0 fully saturated rings. The number of hydrogen-bond donors (Lipinski definition) is 1. The van der Waals surface area contributed by atoms with E-state index < -0.39 is 16.6 Å². The van der Waals surface area contributed by atoms with E-state index in [0.717, 1.165) is 17.1 Å². The number of benzene rings is 2. The molecule has 0 bridgehead atoms. The smallest absolute Gasteiger partial charge is 0.307 e. The van der Waals surface area contributed by atoms with Gasteiger partial charge in [0.15, 0.2) is 0 Å². The van der Waals surface area contributed by atoms with Crippen molar-refractivity contribution in [2.45, 2.75) is 13.2 Å². The molecule has 1 heterocycles. The van der Waals surface area contributed by atoms with E-state index >= 15 is 0 Å². The van der Waals surface area contributed by atoms with Crippen LogP contribution in [0.4, 0.5) is 10.1 Å². The number of carbonyl (C=O) groups excluding carboxylic acids is 1. The van der Waals surface area contributed by atoms with Crippen molar-refractivity contribution in [1.29, 1.82) is 0 Å². The maximum atomic E-state index is 13.8. The number of hydrogen-bond acceptors (Lipinski definition) is 6. The molecule has 0 aliphatic heterocycles. The van der Waals surface area contributed by atoms with Crippen LogP contribution in [-0.4, -0.2) is 26.8 Å². The van der Waals surface area contributed by atoms with E-state index in [9.17, 15) is 19.3 Å². The van der Waals surface area contributed by atoms with E-state index in [0.29, 0.717) is 11.3 Å². The molecule has 30 heavy (non-hydrogen) atoms. The number of halogens is 2. The second-order valence-electron chi connectivity index (χ2n) is 6.01. The van der Waals surface area contributed by atoms with Crippen molar-refractivity contribution in [3.05, 3.63) is 86.9 Å². The molecule has 1 aromatic heterocycles. The van der Waals surface area contributed by atoms with E-state index in [2.05, 4.69) is 15.6 Å². The summed E-state index contributed by atoms with van der Waals surface area (Å²) in [5.74, 6) is -0.496. The average Bonchev–Trinajstić information content (AvgIpc) is 3.17. The largest absolute Gasteiger partial charge is 0.489 e. The van der Waals surface area contributed by atoms with E-state index in [1.54, 1.807) is 30.3 Å². The van der Waals surface area contributed by atoms with Gasteiger partial charge in [-0.2, -0.15) is 10.2 Å². The average molecular weight is 432 g/mol. The summed E-state index contributed by atoms with van der Waals surface area (Å²) in [5, 5.41) is 18.4. The Hall–Kier alpha value is -3.79. The zero-order valence-corrected chi connectivity index (χ0v) is 16.1. The number of rotatable bonds is 8. The molecule has 9 nitrogen and oxygen atoms in total. The lowest BCUT2D eigenvalue weighted by molar-refractivity contribution is -0.385. The van der Waals surface area contributed by atoms with E-state index in [1.165, 1.54) is 18.3 Å². The highest BCUT2D eigenvalue weighted by Gasteiger charge is 2.11. The van der Waals surface area contributed by atoms with Crippen LogP contribution in [0.2, 0.25) is 5.02 Å². The second-order valence-corrected chi connectivity index (χ2v) is 6.41. The Labute approximate surface area is 174 Å². The molecule has 3 aromatic rings. The van der Waals surface area contributed by atoms with E-state index in [1.807, 2.05) is 0 Å². The molecule has 0 aliphatic carbocycles. The summed E-state index contributed by atoms with van der Waals surface area (Å²) in [6, 6.07) is 11.2. The van der Waals surface area contributed by atoms with Crippen LogP contribution in [0.15, 0.2) is 60.0 Å². The summed E-state index contributed by atoms with van der Waals surface area (Å²) >= 11 is 5.98. The van der Waals surface area contributed by atoms with Gasteiger partial charge in [-0.1, -0.05) is 29.8 Å². The van der Waals surface area contributed by atoms with Crippen molar-refractivity contribution >= 4 is 29.4 Å². The molecule has 0 atom stereocenters. The van der Waals surface area contributed by atoms with Crippen LogP contribution in [0.25, 0.3) is 0 Å². The van der Waals surface area contributed by atoms with Gasteiger partial charge in [0.25, 0.3) is 5.91 Å². The van der Waals surface area contributed by atoms with Gasteiger partial charge >= 0.3 is 5.69 Å². The van der Waals surface area contributed by atoms with Crippen molar-refractivity contribution in [2.24, 2.45) is 5.10 Å². The van der Waals surface area contributed by atoms with Crippen LogP contribution in [0.1, 0.15) is 11.1 Å². The predicted molar refractivity (Wildman–Crippen MR) is 107 cm³/mol. The van der Waals surface area contributed by atoms with Crippen LogP contribution in [0.3, 0.4) is 0 Å². The highest BCUT2D eigenvalue weighted by Crippen LogP contribution is 2.21. The van der Waals surface area contributed by atoms with Crippen molar-refractivity contribution < 1.29 is 18.8 Å². The highest BCUT2D eigenvalue weighted by atomic mass is 35.5. The Bertz CT molecular complexity index is 1080. The summed E-state index contributed by atoms with van der Waals surface area (Å²) < 4.78 is 20.5. The third-order valence-electron chi connectivity index (χ3n) is 3.84. The van der Waals surface area contributed by atoms with Gasteiger partial charge in [0.2, 0.25) is 0 Å². The number of nitro groups is 1. The lowest BCUT2D eigenvalue weighted by Crippen LogP contribution is -2.23. The van der Waals surface area contributed by atoms with Gasteiger partial charge in [-0.3, -0.25) is 19.6 Å². The summed E-state index contributed by atoms with van der Waals surface area (Å²) in [5.41, 5.74) is 2.97. The minimum Gasteiger partial charge on any atom is -0.489 e. The number of aromatic nitrogens is 2. The number of ether oxygens (including phenoxy) is 1. The van der Waals surface area contributed by atoms with Crippen LogP contribution >= 0.6 is 11.6 Å². The molecule has 0 spiro atoms. The molecule has 1 N–H and O–H groups in total. The second kappa shape index (κ2) is 9.61. The van der Waals surface area contributed by atoms with Gasteiger partial charge < -0.3 is 4.74 Å². The molecule has 154 valence electrons. The molecule has 1 amide bonds. The number of nitrogens with zero attached hydrogens (tertiary/aromatic N) is 4. The number of amides is 1. The standard InChI is InChI=1S/C19H15ClFN5O4/c20-17-5-2-6-18(21)16(17)12-30-15-4-1-3-13(7-15)8-22-24-19(27)11-25-10-14(9-23-25)26(28)29/h1-10H,11-12H2,(H,24,27)/b22-8+. The minimum atomic E-state index is -0.602. The van der Waals surface area contributed by atoms with Crippen LogP contribution in [0, 0.1) is 15.9 Å². The normalized spacial score (nSPS) is 10.9. The summed E-state index contributed by atoms with van der Waals surface area (Å²) in [7, 11) is 0. The summed E-state index contributed by atoms with van der Waals surface area (Å²) in [6.45, 7) is -0.267. The first-order chi connectivity index (χ1) is 14.4. The van der Waals surface area contributed by atoms with Crippen molar-refractivity contribution in [3.8, 4) is 5.75 Å². The monoisotopic (exact) mass is 431 g/mol. The Morgan fingerprint density at radius 3 is 2.90 bits per heavy atom. The molecule has 0 unspecified atom stereocenters. The number of hydrazone groups is 1. The quantitative estimate of drug-likeness (QED) is 0.334. The topological polar surface area (TPSA) is 112 Å². The fraction of sp³-hybridized carbons (Fsp3) is 0.105. The van der Waals surface area contributed by atoms with Gasteiger partial charge in [0, 0.05) is 5.56 Å². The van der Waals surface area contributed by atoms with Gasteiger partial charge in [-0.25, -0.2) is 9.82 Å². The Kier molecular flexibility index (Phi) is 6.71. The van der Waals surface area contributed by atoms with Crippen LogP contribution in [-0.2, 0) is 17.9 Å². The first-order valence-electron chi connectivity index (χ1n) is 8.57. The van der Waals surface area contributed by atoms with Crippen molar-refractivity contribution in [2.75, 3.05) is 0 Å².